The third-order valence-corrected chi connectivity index (χ3v) is 5.18. The quantitative estimate of drug-likeness (QED) is 0.910. The smallest absolute Gasteiger partial charge is 0.263 e. The van der Waals surface area contributed by atoms with Crippen LogP contribution in [0.25, 0.3) is 10.1 Å². The number of thioether (sulfide) groups is 1. The molecule has 19 heavy (non-hydrogen) atoms. The minimum absolute atomic E-state index is 0.0720. The first kappa shape index (κ1) is 14.2. The van der Waals surface area contributed by atoms with Gasteiger partial charge in [-0.25, -0.2) is 0 Å². The second-order valence-electron chi connectivity index (χ2n) is 4.60. The van der Waals surface area contributed by atoms with Gasteiger partial charge in [-0.05, 0) is 24.8 Å². The summed E-state index contributed by atoms with van der Waals surface area (Å²) in [4.78, 5) is 12.8. The SMILES string of the molecule is CSC(C)CNC(=O)c1sc2cc(C)ccc2c1N. The van der Waals surface area contributed by atoms with E-state index in [0.29, 0.717) is 22.4 Å². The van der Waals surface area contributed by atoms with Crippen LogP contribution in [-0.4, -0.2) is 24.0 Å². The Kier molecular flexibility index (Phi) is 4.37. The van der Waals surface area contributed by atoms with Gasteiger partial charge < -0.3 is 11.1 Å². The van der Waals surface area contributed by atoms with E-state index in [-0.39, 0.29) is 5.91 Å². The Morgan fingerprint density at radius 3 is 2.95 bits per heavy atom. The Labute approximate surface area is 121 Å². The average Bonchev–Trinajstić information content (AvgIpc) is 2.72. The fourth-order valence-corrected chi connectivity index (χ4v) is 3.18. The maximum Gasteiger partial charge on any atom is 0.263 e. The lowest BCUT2D eigenvalue weighted by Gasteiger charge is -2.09. The predicted octanol–water partition coefficient (Wildman–Crippen LogP) is 3.27. The number of anilines is 1. The lowest BCUT2D eigenvalue weighted by atomic mass is 10.1. The summed E-state index contributed by atoms with van der Waals surface area (Å²) in [7, 11) is 0. The van der Waals surface area contributed by atoms with Crippen LogP contribution in [0.2, 0.25) is 0 Å². The maximum absolute atomic E-state index is 12.2. The molecule has 0 aliphatic rings. The minimum atomic E-state index is -0.0720. The topological polar surface area (TPSA) is 55.1 Å². The molecule has 0 radical (unpaired) electrons. The van der Waals surface area contributed by atoms with Gasteiger partial charge in [0.2, 0.25) is 0 Å². The number of benzene rings is 1. The van der Waals surface area contributed by atoms with Crippen molar-refractivity contribution in [2.24, 2.45) is 0 Å². The van der Waals surface area contributed by atoms with Gasteiger partial charge in [-0.1, -0.05) is 19.1 Å². The fourth-order valence-electron chi connectivity index (χ4n) is 1.79. The van der Waals surface area contributed by atoms with Crippen LogP contribution in [0.1, 0.15) is 22.2 Å². The third kappa shape index (κ3) is 3.04. The monoisotopic (exact) mass is 294 g/mol. The van der Waals surface area contributed by atoms with Crippen molar-refractivity contribution in [2.75, 3.05) is 18.5 Å². The van der Waals surface area contributed by atoms with E-state index in [0.717, 1.165) is 10.1 Å². The first-order valence-corrected chi connectivity index (χ1v) is 8.23. The second-order valence-corrected chi connectivity index (χ2v) is 6.93. The number of aryl methyl sites for hydroxylation is 1. The molecule has 1 unspecified atom stereocenters. The maximum atomic E-state index is 12.2. The molecule has 2 rings (SSSR count). The summed E-state index contributed by atoms with van der Waals surface area (Å²) in [5.74, 6) is -0.0720. The van der Waals surface area contributed by atoms with Gasteiger partial charge >= 0.3 is 0 Å². The molecule has 2 aromatic rings. The number of nitrogen functional groups attached to an aromatic ring is 1. The lowest BCUT2D eigenvalue weighted by molar-refractivity contribution is 0.0959. The number of rotatable bonds is 4. The predicted molar refractivity (Wildman–Crippen MR) is 86.3 cm³/mol. The number of hydrogen-bond acceptors (Lipinski definition) is 4. The lowest BCUT2D eigenvalue weighted by Crippen LogP contribution is -2.29. The van der Waals surface area contributed by atoms with Gasteiger partial charge in [0, 0.05) is 21.9 Å². The highest BCUT2D eigenvalue weighted by Gasteiger charge is 2.16. The normalized spacial score (nSPS) is 12.6. The highest BCUT2D eigenvalue weighted by atomic mass is 32.2. The zero-order valence-corrected chi connectivity index (χ0v) is 13.0. The number of amides is 1. The summed E-state index contributed by atoms with van der Waals surface area (Å²) in [5.41, 5.74) is 7.84. The van der Waals surface area contributed by atoms with Gasteiger partial charge in [0.25, 0.3) is 5.91 Å². The standard InChI is InChI=1S/C14H18N2OS2/c1-8-4-5-10-11(6-8)19-13(12(10)15)14(17)16-7-9(2)18-3/h4-6,9H,7,15H2,1-3H3,(H,16,17). The number of thiophene rings is 1. The van der Waals surface area contributed by atoms with Crippen molar-refractivity contribution in [3.05, 3.63) is 28.6 Å². The Morgan fingerprint density at radius 2 is 2.26 bits per heavy atom. The molecule has 0 aliphatic carbocycles. The zero-order valence-electron chi connectivity index (χ0n) is 11.3. The molecule has 0 saturated heterocycles. The molecule has 102 valence electrons. The molecule has 1 atom stereocenters. The fraction of sp³-hybridized carbons (Fsp3) is 0.357. The summed E-state index contributed by atoms with van der Waals surface area (Å²) < 4.78 is 1.07. The largest absolute Gasteiger partial charge is 0.397 e. The van der Waals surface area contributed by atoms with E-state index in [1.165, 1.54) is 16.9 Å². The zero-order chi connectivity index (χ0) is 14.0. The van der Waals surface area contributed by atoms with E-state index in [1.54, 1.807) is 11.8 Å². The molecule has 1 aromatic carbocycles. The van der Waals surface area contributed by atoms with Gasteiger partial charge in [-0.2, -0.15) is 11.8 Å². The van der Waals surface area contributed by atoms with Crippen molar-refractivity contribution in [2.45, 2.75) is 19.1 Å². The van der Waals surface area contributed by atoms with Gasteiger partial charge in [0.15, 0.2) is 0 Å². The first-order chi connectivity index (χ1) is 9.02. The molecular weight excluding hydrogens is 276 g/mol. The van der Waals surface area contributed by atoms with E-state index >= 15 is 0 Å². The van der Waals surface area contributed by atoms with Crippen molar-refractivity contribution < 1.29 is 4.79 Å². The molecule has 0 aliphatic heterocycles. The Balaban J connectivity index is 2.25. The minimum Gasteiger partial charge on any atom is -0.397 e. The van der Waals surface area contributed by atoms with Gasteiger partial charge in [0.1, 0.15) is 4.88 Å². The summed E-state index contributed by atoms with van der Waals surface area (Å²) >= 11 is 3.19. The number of carbonyl (C=O) groups is 1. The molecule has 0 bridgehead atoms. The highest BCUT2D eigenvalue weighted by Crippen LogP contribution is 2.34. The summed E-state index contributed by atoms with van der Waals surface area (Å²) in [6.07, 6.45) is 2.04. The summed E-state index contributed by atoms with van der Waals surface area (Å²) in [5, 5.41) is 4.31. The molecule has 1 aromatic heterocycles. The number of nitrogens with one attached hydrogen (secondary N) is 1. The van der Waals surface area contributed by atoms with E-state index in [4.69, 9.17) is 5.73 Å². The van der Waals surface area contributed by atoms with Crippen LogP contribution in [-0.2, 0) is 0 Å². The molecule has 1 amide bonds. The Bertz CT molecular complexity index is 607. The summed E-state index contributed by atoms with van der Waals surface area (Å²) in [6, 6.07) is 6.07. The molecule has 5 heteroatoms. The van der Waals surface area contributed by atoms with Crippen molar-refractivity contribution in [3.8, 4) is 0 Å². The van der Waals surface area contributed by atoms with E-state index < -0.39 is 0 Å². The first-order valence-electron chi connectivity index (χ1n) is 6.12. The molecule has 3 nitrogen and oxygen atoms in total. The third-order valence-electron chi connectivity index (χ3n) is 3.04. The molecular formula is C14H18N2OS2. The number of hydrogen-bond donors (Lipinski definition) is 2. The van der Waals surface area contributed by atoms with E-state index in [1.807, 2.05) is 25.3 Å². The van der Waals surface area contributed by atoms with Gasteiger partial charge in [-0.3, -0.25) is 4.79 Å². The van der Waals surface area contributed by atoms with E-state index in [2.05, 4.69) is 18.3 Å². The van der Waals surface area contributed by atoms with Gasteiger partial charge in [0.05, 0.1) is 5.69 Å². The van der Waals surface area contributed by atoms with Crippen LogP contribution in [0.15, 0.2) is 18.2 Å². The number of carbonyl (C=O) groups excluding carboxylic acids is 1. The molecule has 0 saturated carbocycles. The van der Waals surface area contributed by atoms with Crippen LogP contribution in [0.3, 0.4) is 0 Å². The van der Waals surface area contributed by atoms with Crippen LogP contribution < -0.4 is 11.1 Å². The van der Waals surface area contributed by atoms with Crippen molar-refractivity contribution in [1.82, 2.24) is 5.32 Å². The van der Waals surface area contributed by atoms with Crippen LogP contribution >= 0.6 is 23.1 Å². The van der Waals surface area contributed by atoms with Crippen LogP contribution in [0.4, 0.5) is 5.69 Å². The van der Waals surface area contributed by atoms with Crippen molar-refractivity contribution >= 4 is 44.8 Å². The Hall–Kier alpha value is -1.20. The highest BCUT2D eigenvalue weighted by molar-refractivity contribution is 7.99. The molecule has 0 fully saturated rings. The molecule has 0 spiro atoms. The average molecular weight is 294 g/mol. The van der Waals surface area contributed by atoms with Crippen LogP contribution in [0.5, 0.6) is 0 Å². The number of fused-ring (bicyclic) bond motifs is 1. The summed E-state index contributed by atoms with van der Waals surface area (Å²) in [6.45, 7) is 4.78. The second kappa shape index (κ2) is 5.84. The van der Waals surface area contributed by atoms with Crippen LogP contribution in [0, 0.1) is 6.92 Å². The number of nitrogens with two attached hydrogens (primary N) is 1. The molecule has 3 N–H and O–H groups in total. The van der Waals surface area contributed by atoms with Crippen molar-refractivity contribution in [1.29, 1.82) is 0 Å². The Morgan fingerprint density at radius 1 is 1.53 bits per heavy atom. The molecule has 1 heterocycles. The van der Waals surface area contributed by atoms with Gasteiger partial charge in [-0.15, -0.1) is 11.3 Å². The van der Waals surface area contributed by atoms with E-state index in [9.17, 15) is 4.79 Å². The van der Waals surface area contributed by atoms with Crippen molar-refractivity contribution in [3.63, 3.8) is 0 Å².